The molecule has 0 spiro atoms. The van der Waals surface area contributed by atoms with Crippen molar-refractivity contribution >= 4 is 52.2 Å². The molecule has 5 N–H and O–H groups in total. The Bertz CT molecular complexity index is 3230. The molecule has 12 rings (SSSR count). The lowest BCUT2D eigenvalue weighted by molar-refractivity contribution is -0.141. The van der Waals surface area contributed by atoms with Gasteiger partial charge in [-0.25, -0.2) is 14.8 Å². The molecule has 1 aliphatic carbocycles. The first-order valence-corrected chi connectivity index (χ1v) is 29.9. The summed E-state index contributed by atoms with van der Waals surface area (Å²) >= 11 is 1.59. The Morgan fingerprint density at radius 2 is 1.54 bits per heavy atom. The number of thiazole rings is 1. The van der Waals surface area contributed by atoms with Crippen LogP contribution in [-0.2, 0) is 14.3 Å². The molecule has 5 aliphatic heterocycles. The minimum Gasteiger partial charge on any atom is -0.507 e. The number of anilines is 4. The number of hydrogen-bond acceptors (Lipinski definition) is 18. The van der Waals surface area contributed by atoms with Crippen LogP contribution in [0.5, 0.6) is 11.6 Å². The molecule has 4 amide bonds. The fourth-order valence-electron chi connectivity index (χ4n) is 13.0. The number of fused-ring (bicyclic) bond motifs is 2. The Kier molecular flexibility index (Phi) is 15.7. The summed E-state index contributed by atoms with van der Waals surface area (Å²) in [5.74, 6) is 0.628. The topological polar surface area (TPSA) is 245 Å². The zero-order valence-corrected chi connectivity index (χ0v) is 47.7. The molecule has 2 unspecified atom stereocenters. The molecule has 6 fully saturated rings. The number of β-amino-alcohol motifs (C(OH)–C–C–N with tert-alkyl or cyclic N) is 1. The van der Waals surface area contributed by atoms with Gasteiger partial charge >= 0.3 is 6.03 Å². The SMILES string of the molecule is Cc1ncsc1-c1ccc([C@H](C)NC(=O)[C@@H]2C[C@@H](O)CN2C(=O)[C@H](c2cc(N3CCN(C(=O)N4CCC(OC5CC(Oc6cc(N7C8CCC7CN(c7cc(-c9ccccc9O)nnc7N)C8)ccn6)C5)CC4)CC3)no2)C(C)C)cc1. The number of carbonyl (C=O) groups is 3. The molecule has 5 saturated heterocycles. The largest absolute Gasteiger partial charge is 0.507 e. The molecule has 6 aromatic rings. The van der Waals surface area contributed by atoms with Gasteiger partial charge in [-0.15, -0.1) is 21.5 Å². The normalized spacial score (nSPS) is 23.7. The second kappa shape index (κ2) is 23.4. The third kappa shape index (κ3) is 11.4. The van der Waals surface area contributed by atoms with Crippen LogP contribution in [0.4, 0.5) is 27.8 Å². The van der Waals surface area contributed by atoms with Crippen molar-refractivity contribution in [1.29, 1.82) is 0 Å². The summed E-state index contributed by atoms with van der Waals surface area (Å²) in [6, 6.07) is 22.4. The van der Waals surface area contributed by atoms with Crippen LogP contribution in [0.1, 0.15) is 94.7 Å². The van der Waals surface area contributed by atoms with Gasteiger partial charge in [-0.2, -0.15) is 0 Å². The number of nitrogens with two attached hydrogens (primary N) is 1. The number of aliphatic hydroxyl groups excluding tert-OH is 1. The maximum Gasteiger partial charge on any atom is 0.320 e. The summed E-state index contributed by atoms with van der Waals surface area (Å²) in [5, 5.41) is 37.3. The Balaban J connectivity index is 0.573. The predicted octanol–water partition coefficient (Wildman–Crippen LogP) is 7.02. The number of aromatic nitrogens is 5. The molecule has 6 aliphatic rings. The number of hydrogen-bond donors (Lipinski definition) is 4. The van der Waals surface area contributed by atoms with E-state index in [0.29, 0.717) is 73.8 Å². The highest BCUT2D eigenvalue weighted by atomic mass is 32.1. The number of aliphatic hydroxyl groups is 1. The third-order valence-corrected chi connectivity index (χ3v) is 18.5. The van der Waals surface area contributed by atoms with E-state index in [-0.39, 0.29) is 78.9 Å². The highest BCUT2D eigenvalue weighted by Crippen LogP contribution is 2.41. The predicted molar refractivity (Wildman–Crippen MR) is 311 cm³/mol. The number of pyridine rings is 1. The van der Waals surface area contributed by atoms with Gasteiger partial charge in [0.15, 0.2) is 17.4 Å². The lowest BCUT2D eigenvalue weighted by Crippen LogP contribution is -2.55. The number of para-hydroxylation sites is 1. The summed E-state index contributed by atoms with van der Waals surface area (Å²) in [6.07, 6.45) is 6.58. The molecule has 432 valence electrons. The third-order valence-electron chi connectivity index (χ3n) is 17.5. The fraction of sp³-hybridized carbons (Fsp3) is 0.500. The van der Waals surface area contributed by atoms with Crippen molar-refractivity contribution in [2.24, 2.45) is 5.92 Å². The van der Waals surface area contributed by atoms with Crippen molar-refractivity contribution in [2.45, 2.75) is 127 Å². The minimum atomic E-state index is -0.841. The van der Waals surface area contributed by atoms with Crippen LogP contribution < -0.4 is 30.5 Å². The number of nitrogens with one attached hydrogen (secondary N) is 1. The van der Waals surface area contributed by atoms with Crippen molar-refractivity contribution in [3.05, 3.63) is 102 Å². The van der Waals surface area contributed by atoms with E-state index in [4.69, 9.17) is 19.7 Å². The average molecular weight is 1140 g/mol. The highest BCUT2D eigenvalue weighted by Gasteiger charge is 2.45. The van der Waals surface area contributed by atoms with Crippen LogP contribution in [0.2, 0.25) is 0 Å². The first-order valence-electron chi connectivity index (χ1n) is 29.0. The van der Waals surface area contributed by atoms with Gasteiger partial charge in [0.1, 0.15) is 23.8 Å². The number of rotatable bonds is 15. The molecule has 0 radical (unpaired) electrons. The second-order valence-electron chi connectivity index (χ2n) is 23.3. The highest BCUT2D eigenvalue weighted by molar-refractivity contribution is 7.13. The number of phenols is 1. The van der Waals surface area contributed by atoms with Gasteiger partial charge < -0.3 is 64.7 Å². The van der Waals surface area contributed by atoms with Crippen LogP contribution >= 0.6 is 11.3 Å². The number of piperazine rings is 2. The number of phenolic OH excluding ortho intramolecular Hbond substituents is 1. The van der Waals surface area contributed by atoms with E-state index in [0.717, 1.165) is 84.7 Å². The van der Waals surface area contributed by atoms with Crippen molar-refractivity contribution in [3.8, 4) is 33.3 Å². The van der Waals surface area contributed by atoms with E-state index in [1.807, 2.05) is 91.7 Å². The van der Waals surface area contributed by atoms with Crippen molar-refractivity contribution in [1.82, 2.24) is 45.3 Å². The van der Waals surface area contributed by atoms with E-state index in [1.165, 1.54) is 4.90 Å². The Morgan fingerprint density at radius 3 is 2.24 bits per heavy atom. The van der Waals surface area contributed by atoms with Gasteiger partial charge in [-0.05, 0) is 80.8 Å². The number of likely N-dealkylation sites (tertiary alicyclic amines) is 2. The van der Waals surface area contributed by atoms with E-state index in [9.17, 15) is 24.6 Å². The molecular formula is C60H73N13O8S. The summed E-state index contributed by atoms with van der Waals surface area (Å²) < 4.78 is 18.9. The van der Waals surface area contributed by atoms with Gasteiger partial charge in [-0.1, -0.05) is 55.4 Å². The van der Waals surface area contributed by atoms with Crippen LogP contribution in [0.25, 0.3) is 21.7 Å². The van der Waals surface area contributed by atoms with E-state index >= 15 is 0 Å². The van der Waals surface area contributed by atoms with Gasteiger partial charge in [-0.3, -0.25) is 9.59 Å². The van der Waals surface area contributed by atoms with Crippen molar-refractivity contribution < 1.29 is 38.6 Å². The Hall–Kier alpha value is -7.56. The molecular weight excluding hydrogens is 1060 g/mol. The molecule has 2 bridgehead atoms. The number of benzene rings is 2. The van der Waals surface area contributed by atoms with E-state index in [2.05, 4.69) is 57.5 Å². The number of aryl methyl sites for hydroxylation is 1. The van der Waals surface area contributed by atoms with E-state index < -0.39 is 18.1 Å². The zero-order chi connectivity index (χ0) is 56.8. The molecule has 2 aromatic carbocycles. The van der Waals surface area contributed by atoms with Gasteiger partial charge in [0.25, 0.3) is 0 Å². The number of ether oxygens (including phenoxy) is 2. The lowest BCUT2D eigenvalue weighted by Gasteiger charge is -2.43. The maximum atomic E-state index is 14.4. The summed E-state index contributed by atoms with van der Waals surface area (Å²) in [4.78, 5) is 64.3. The molecule has 6 atom stereocenters. The summed E-state index contributed by atoms with van der Waals surface area (Å²) in [7, 11) is 0. The molecule has 22 heteroatoms. The second-order valence-corrected chi connectivity index (χ2v) is 24.2. The number of nitrogens with zero attached hydrogens (tertiary/aromatic N) is 11. The van der Waals surface area contributed by atoms with Crippen LogP contribution in [0.15, 0.2) is 89.0 Å². The number of aromatic hydroxyl groups is 1. The number of urea groups is 1. The zero-order valence-electron chi connectivity index (χ0n) is 46.9. The number of piperidine rings is 1. The van der Waals surface area contributed by atoms with Crippen LogP contribution in [0.3, 0.4) is 0 Å². The average Bonchev–Trinajstić information content (AvgIpc) is 4.45. The van der Waals surface area contributed by atoms with Crippen LogP contribution in [0, 0.1) is 12.8 Å². The fourth-order valence-corrected chi connectivity index (χ4v) is 13.8. The number of carbonyl (C=O) groups excluding carboxylic acids is 3. The van der Waals surface area contributed by atoms with Gasteiger partial charge in [0, 0.05) is 120 Å². The van der Waals surface area contributed by atoms with Crippen LogP contribution in [-0.4, -0.2) is 170 Å². The monoisotopic (exact) mass is 1140 g/mol. The van der Waals surface area contributed by atoms with Crippen molar-refractivity contribution in [3.63, 3.8) is 0 Å². The Labute approximate surface area is 481 Å². The smallest absolute Gasteiger partial charge is 0.320 e. The standard InChI is InChI=1S/C60H73N13O8S/c1-35(2)55(59(77)72-33-43(74)26-50(72)58(76)64-36(3)38-9-11-39(12-10-38)56-37(4)63-34-82-56)52-30-53(67-81-52)68-21-23-70(24-22-68)60(78)69-19-16-44(17-20-69)79-45-27-46(28-45)80-54-25-40(15-18-62-54)73-41-13-14-42(73)32-71(31-41)49-29-48(65-66-57(49)61)47-7-5-6-8-51(47)75/h5-12,15,18,25,29-30,34-36,41-46,50,55,74-75H,13-14,16-17,19-24,26-28,31-33H2,1-4H3,(H2,61,66)(H,64,76)/t36-,41?,42?,43+,45?,46?,50-,55-/m0/s1. The maximum absolute atomic E-state index is 14.4. The Morgan fingerprint density at radius 1 is 0.805 bits per heavy atom. The number of nitrogen functional groups attached to an aromatic ring is 1. The quantitative estimate of drug-likeness (QED) is 0.0807. The number of amides is 4. The molecule has 82 heavy (non-hydrogen) atoms. The first-order chi connectivity index (χ1) is 39.7. The van der Waals surface area contributed by atoms with E-state index in [1.54, 1.807) is 29.5 Å². The first kappa shape index (κ1) is 55.0. The summed E-state index contributed by atoms with van der Waals surface area (Å²) in [6.45, 7) is 12.8. The molecule has 21 nitrogen and oxygen atoms in total. The molecule has 4 aromatic heterocycles. The van der Waals surface area contributed by atoms with Crippen molar-refractivity contribution in [2.75, 3.05) is 79.3 Å². The lowest BCUT2D eigenvalue weighted by atomic mass is 9.91. The van der Waals surface area contributed by atoms with Gasteiger partial charge in [0.2, 0.25) is 17.7 Å². The minimum absolute atomic E-state index is 0.0207. The summed E-state index contributed by atoms with van der Waals surface area (Å²) in [5.41, 5.74) is 14.3. The van der Waals surface area contributed by atoms with Gasteiger partial charge in [0.05, 0.1) is 51.8 Å². The molecule has 1 saturated carbocycles. The molecule has 9 heterocycles.